The second kappa shape index (κ2) is 69.5. The highest BCUT2D eigenvalue weighted by Gasteiger charge is 2.29. The van der Waals surface area contributed by atoms with E-state index in [0.717, 1.165) is 44.3 Å². The number of methoxy groups -OCH3 is 9. The summed E-state index contributed by atoms with van der Waals surface area (Å²) in [5, 5.41) is 64.0. The molecule has 50 heteroatoms. The molecule has 1 aliphatic rings. The minimum Gasteiger partial charge on any atom is -0.494 e. The lowest BCUT2D eigenvalue weighted by Crippen LogP contribution is -2.37. The predicted molar refractivity (Wildman–Crippen MR) is 595 cm³/mol. The molecule has 6 unspecified atom stereocenters. The highest BCUT2D eigenvalue weighted by Crippen LogP contribution is 2.45. The van der Waals surface area contributed by atoms with Gasteiger partial charge in [0, 0.05) is 110 Å². The van der Waals surface area contributed by atoms with Crippen molar-refractivity contribution >= 4 is 179 Å². The molecule has 0 aliphatic carbocycles. The van der Waals surface area contributed by atoms with Crippen LogP contribution in [0.1, 0.15) is 53.4 Å². The van der Waals surface area contributed by atoms with Crippen molar-refractivity contribution in [1.29, 1.82) is 0 Å². The van der Waals surface area contributed by atoms with Crippen molar-refractivity contribution in [3.8, 4) is 28.7 Å². The Kier molecular flexibility index (Phi) is 62.6. The average Bonchev–Trinajstić information content (AvgIpc) is 1.60. The fourth-order valence-electron chi connectivity index (χ4n) is 12.4. The van der Waals surface area contributed by atoms with Gasteiger partial charge in [0.2, 0.25) is 35.3 Å². The van der Waals surface area contributed by atoms with Gasteiger partial charge in [0.1, 0.15) is 79.3 Å². The number of nitrogens with one attached hydrogen (secondary N) is 7. The number of hydrogen-bond donors (Lipinski definition) is 9. The molecule has 3 radical (unpaired) electrons. The number of Topliss-reactive ketones (excluding diaryl/α,β-unsaturated/α-hetero) is 1. The van der Waals surface area contributed by atoms with Crippen LogP contribution in [0.5, 0.6) is 28.7 Å². The fraction of sp³-hybridized carbons (Fsp3) is 0.475. The minimum absolute atomic E-state index is 0. The molecule has 0 bridgehead atoms. The first-order valence-corrected chi connectivity index (χ1v) is 55.4. The number of likely N-dealkylation sites (N-methyl/N-ethyl adjacent to an activating group) is 4. The summed E-state index contributed by atoms with van der Waals surface area (Å²) in [4.78, 5) is 77.9. The number of ketones is 1. The highest BCUT2D eigenvalue weighted by atomic mass is 35.5. The number of ether oxygens (including phenoxy) is 12. The zero-order valence-corrected chi connectivity index (χ0v) is 95.0. The molecule has 1 saturated heterocycles. The molecule has 3 aromatic heterocycles. The summed E-state index contributed by atoms with van der Waals surface area (Å²) in [6.45, 7) is 26.2. The van der Waals surface area contributed by atoms with Crippen molar-refractivity contribution in [3.63, 3.8) is 0 Å². The summed E-state index contributed by atoms with van der Waals surface area (Å²) in [6.07, 6.45) is 9.38. The van der Waals surface area contributed by atoms with Crippen molar-refractivity contribution in [1.82, 2.24) is 49.5 Å². The molecule has 823 valence electrons. The van der Waals surface area contributed by atoms with E-state index in [-0.39, 0.29) is 137 Å². The third-order valence-electron chi connectivity index (χ3n) is 21.2. The van der Waals surface area contributed by atoms with Gasteiger partial charge in [-0.25, -0.2) is 15.0 Å². The van der Waals surface area contributed by atoms with Gasteiger partial charge in [0.25, 0.3) is 0 Å². The van der Waals surface area contributed by atoms with Gasteiger partial charge in [0.15, 0.2) is 23.2 Å². The van der Waals surface area contributed by atoms with Crippen LogP contribution in [0.15, 0.2) is 140 Å². The lowest BCUT2D eigenvalue weighted by molar-refractivity contribution is -0.387. The number of aliphatic hydroxyl groups excluding tert-OH is 2. The molecular weight excluding hydrogens is 2050 g/mol. The summed E-state index contributed by atoms with van der Waals surface area (Å²) >= 11 is 19.0. The molecular formula is C99H148BCl3FN19O23P3. The molecule has 4 heterocycles. The maximum absolute atomic E-state index is 13.9. The van der Waals surface area contributed by atoms with Crippen molar-refractivity contribution in [2.45, 2.75) is 89.8 Å². The number of nitrogens with zero attached hydrogens (tertiary/aromatic N) is 12. The third-order valence-corrected chi connectivity index (χ3v) is 26.6. The van der Waals surface area contributed by atoms with Gasteiger partial charge in [-0.3, -0.25) is 29.8 Å². The number of rotatable bonds is 49. The molecule has 6 aromatic carbocycles. The Hall–Kier alpha value is -10.9. The predicted octanol–water partition coefficient (Wildman–Crippen LogP) is 16.6. The lowest BCUT2D eigenvalue weighted by atomic mass is 10.2. The summed E-state index contributed by atoms with van der Waals surface area (Å²) < 4.78 is 114. The summed E-state index contributed by atoms with van der Waals surface area (Å²) in [7, 11) is 21.7. The molecule has 1 fully saturated rings. The molecule has 9 N–H and O–H groups in total. The second-order valence-corrected chi connectivity index (χ2v) is 45.3. The summed E-state index contributed by atoms with van der Waals surface area (Å²) in [6, 6.07) is 30.0. The maximum Gasteiger partial charge on any atom is 0.313 e. The third kappa shape index (κ3) is 48.1. The Bertz CT molecular complexity index is 5750. The minimum atomic E-state index is -2.59. The largest absolute Gasteiger partial charge is 0.494 e. The topological polar surface area (TPSA) is 501 Å². The van der Waals surface area contributed by atoms with Crippen LogP contribution in [-0.4, -0.2) is 352 Å². The SMILES string of the molecule is C=CC(=O)Nc1cc(Nc2ncc(Cl)c(Nc3ccccc3P(C)(C)=O)n2)c(OC)cc1OCC(COC)N(C)C.CCC(=O)COC.CCC(COC)N(C)C.CCC(O)COC.CCC1CO1.COCC(CO)N(C)C.COCC(COc1cc(OC)c(Nc2ncc(Cl)c(Nc3ccccc3P(C)(C)=O)n2)cc1[N+](=O)[O-])N(C)C.COc1cc(F)c([N+](=O)[O-])cc1Nc1ncc(Cl)c(Nc2ccccc2P(C)(C)=O)n1.[B]. The first-order valence-electron chi connectivity index (χ1n) is 46.4. The van der Waals surface area contributed by atoms with E-state index < -0.39 is 48.7 Å². The Morgan fingerprint density at radius 2 is 0.826 bits per heavy atom. The first kappa shape index (κ1) is 134. The van der Waals surface area contributed by atoms with E-state index in [1.165, 1.54) is 65.6 Å². The number of carbonyl (C=O) groups excluding carboxylic acids is 2. The molecule has 9 aromatic rings. The highest BCUT2D eigenvalue weighted by molar-refractivity contribution is 7.71. The number of aliphatic hydroxyl groups is 2. The number of halogens is 4. The van der Waals surface area contributed by atoms with E-state index in [0.29, 0.717) is 113 Å². The number of carbonyl (C=O) groups is 2. The van der Waals surface area contributed by atoms with E-state index in [1.54, 1.807) is 142 Å². The van der Waals surface area contributed by atoms with E-state index in [4.69, 9.17) is 92.4 Å². The van der Waals surface area contributed by atoms with Crippen molar-refractivity contribution < 1.29 is 105 Å². The van der Waals surface area contributed by atoms with Gasteiger partial charge >= 0.3 is 11.4 Å². The smallest absolute Gasteiger partial charge is 0.313 e. The Morgan fingerprint density at radius 1 is 0.483 bits per heavy atom. The van der Waals surface area contributed by atoms with Crippen LogP contribution in [0, 0.1) is 26.0 Å². The van der Waals surface area contributed by atoms with Crippen molar-refractivity contribution in [2.24, 2.45) is 0 Å². The Morgan fingerprint density at radius 3 is 1.10 bits per heavy atom. The van der Waals surface area contributed by atoms with Gasteiger partial charge < -0.3 is 138 Å². The van der Waals surface area contributed by atoms with Crippen LogP contribution < -0.4 is 76.8 Å². The quantitative estimate of drug-likeness (QED) is 0.00427. The van der Waals surface area contributed by atoms with Gasteiger partial charge in [0.05, 0.1) is 166 Å². The number of amides is 1. The van der Waals surface area contributed by atoms with Crippen LogP contribution >= 0.6 is 56.2 Å². The molecule has 42 nitrogen and oxygen atoms in total. The number of nitro groups is 2. The number of benzene rings is 6. The lowest BCUT2D eigenvalue weighted by Gasteiger charge is -2.24. The molecule has 0 saturated carbocycles. The zero-order chi connectivity index (χ0) is 111. The van der Waals surface area contributed by atoms with Gasteiger partial charge in [-0.05, 0) is 164 Å². The zero-order valence-electron chi connectivity index (χ0n) is 90.0. The molecule has 0 spiro atoms. The molecule has 1 aliphatic heterocycles. The molecule has 1 amide bonds. The van der Waals surface area contributed by atoms with Crippen molar-refractivity contribution in [3.05, 3.63) is 182 Å². The van der Waals surface area contributed by atoms with Gasteiger partial charge in [-0.2, -0.15) is 19.3 Å². The van der Waals surface area contributed by atoms with Crippen LogP contribution in [0.3, 0.4) is 0 Å². The number of hydrogen-bond acceptors (Lipinski definition) is 39. The van der Waals surface area contributed by atoms with Crippen LogP contribution in [0.4, 0.5) is 90.9 Å². The van der Waals surface area contributed by atoms with Crippen molar-refractivity contribution in [2.75, 3.05) is 264 Å². The normalized spacial score (nSPS) is 12.8. The monoisotopic (exact) mass is 2200 g/mol. The average molecular weight is 2200 g/mol. The number of aromatic nitrogens is 6. The van der Waals surface area contributed by atoms with Crippen LogP contribution in [-0.2, 0) is 56.4 Å². The second-order valence-electron chi connectivity index (χ2n) is 34.5. The number of anilines is 13. The van der Waals surface area contributed by atoms with E-state index in [9.17, 15) is 47.9 Å². The Labute approximate surface area is 891 Å². The van der Waals surface area contributed by atoms with Gasteiger partial charge in [-0.15, -0.1) is 0 Å². The maximum atomic E-state index is 13.9. The number of epoxide rings is 1. The molecule has 6 atom stereocenters. The van der Waals surface area contributed by atoms with Crippen LogP contribution in [0.25, 0.3) is 0 Å². The standard InChI is InChI=1S/C28H36ClN6O5P.C25H32ClN6O6P.C19H18ClFN5O4P.C7H17NO.C6H15NO2.C5H12O2.C5H10O2.C4H8O.B/c1-8-26(36)31-22-13-21(23(39-5)14-24(22)40-17-18(16-38-4)35(2)3)33-28-30-15-19(29)27(34-28)32-20-11-9-10-12-25(20)41(6,7)37;1-31(2)16(14-36-3)15-38-22-12-21(37-4)19(11-20(22)32(33)34)29-25-27-13-17(26)24(30-25)28-18-9-7-8-10-23(18)39(5,6)35;1-30-16-8-12(21)15(26(27)28)9-14(16)24-19-22-10-11(20)18(25-19)23-13-6-4-5-7-17(13)31(2,3)29;1-5-7(6-9-4)8(2)3;1-7(2)6(4-8)5-9-3;2*1-3-5(6)4-7-2;1-2-4-3-5-4;/h8-15,18H,1,16-17H2,2-7H3,(H,31,36)(H2,30,32,33,34);7-13,16H,14-15H2,1-6H3,(H2,27,28,29,30);4-10H,1-3H3,(H2,22,23,24,25);7H,5-6H2,1-4H3;6,8H,4-5H2,1-3H3;5-6H,3-4H2,1-2H3;3-4H2,1-2H3;4H,2-3H2,1H3;. The summed E-state index contributed by atoms with van der Waals surface area (Å²) in [5.41, 5.74) is 1.98. The fourth-order valence-corrected chi connectivity index (χ4v) is 16.3. The number of para-hydroxylation sites is 3. The Balaban J connectivity index is 0.000000642. The van der Waals surface area contributed by atoms with Gasteiger partial charge in [-0.1, -0.05) is 105 Å². The van der Waals surface area contributed by atoms with E-state index >= 15 is 0 Å². The van der Waals surface area contributed by atoms with E-state index in [1.807, 2.05) is 89.0 Å². The summed E-state index contributed by atoms with van der Waals surface area (Å²) in [5.74, 6) is 0.994. The van der Waals surface area contributed by atoms with E-state index in [2.05, 4.69) is 116 Å². The first-order chi connectivity index (χ1) is 70.0. The van der Waals surface area contributed by atoms with Crippen LogP contribution in [0.2, 0.25) is 15.1 Å². The number of nitro benzene ring substituents is 2. The molecule has 10 rings (SSSR count). The molecule has 149 heavy (non-hydrogen) atoms.